The van der Waals surface area contributed by atoms with E-state index in [4.69, 9.17) is 33.2 Å². The molecule has 0 aliphatic carbocycles. The molecule has 0 bridgehead atoms. The standard InChI is InChI=1S/C39H47NO9/c1-5-21-44-36(41)32-22-31(23-40(32)38(42)49-39(2,3)4)47-37-35(46-26-30-19-13-8-14-20-30)34(45-25-29-17-11-7-12-18-29)33(48-37)27-43-24-28-15-9-6-10-16-28/h5-20,31-35,37H,1,21-27H2,2-4H3/t31-,32+,33+,34+,35-,37+/m1/s1. The highest BCUT2D eigenvalue weighted by atomic mass is 16.7. The molecule has 2 aliphatic heterocycles. The third-order valence-corrected chi connectivity index (χ3v) is 8.06. The molecular formula is C39H47NO9. The number of esters is 1. The molecule has 5 rings (SSSR count). The molecule has 10 nitrogen and oxygen atoms in total. The number of likely N-dealkylation sites (tertiary alicyclic amines) is 1. The summed E-state index contributed by atoms with van der Waals surface area (Å²) in [6.07, 6.45) is -2.17. The number of ether oxygens (including phenoxy) is 7. The SMILES string of the molecule is C=CCOC(=O)[C@@H]1C[C@@H](O[C@H]2O[C@@H](COCc3ccccc3)[C@H](OCc3ccccc3)[C@H]2OCc2ccccc2)CN1C(=O)OC(C)(C)C. The number of nitrogens with zero attached hydrogens (tertiary/aromatic N) is 1. The topological polar surface area (TPSA) is 102 Å². The van der Waals surface area contributed by atoms with Crippen molar-refractivity contribution in [2.45, 2.75) is 89.4 Å². The van der Waals surface area contributed by atoms with Gasteiger partial charge in [0.2, 0.25) is 0 Å². The van der Waals surface area contributed by atoms with Crippen molar-refractivity contribution in [2.24, 2.45) is 0 Å². The lowest BCUT2D eigenvalue weighted by Gasteiger charge is -2.28. The first-order valence-corrected chi connectivity index (χ1v) is 16.7. The predicted molar refractivity (Wildman–Crippen MR) is 182 cm³/mol. The third-order valence-electron chi connectivity index (χ3n) is 8.06. The quantitative estimate of drug-likeness (QED) is 0.137. The third kappa shape index (κ3) is 10.7. The van der Waals surface area contributed by atoms with Crippen molar-refractivity contribution in [3.63, 3.8) is 0 Å². The molecule has 262 valence electrons. The number of carbonyl (C=O) groups is 2. The summed E-state index contributed by atoms with van der Waals surface area (Å²) in [6.45, 7) is 10.3. The maximum Gasteiger partial charge on any atom is 0.411 e. The highest BCUT2D eigenvalue weighted by Gasteiger charge is 2.50. The van der Waals surface area contributed by atoms with E-state index in [2.05, 4.69) is 6.58 Å². The predicted octanol–water partition coefficient (Wildman–Crippen LogP) is 6.22. The summed E-state index contributed by atoms with van der Waals surface area (Å²) in [5.74, 6) is -0.558. The fraction of sp³-hybridized carbons (Fsp3) is 0.436. The molecular weight excluding hydrogens is 626 g/mol. The van der Waals surface area contributed by atoms with E-state index in [0.29, 0.717) is 19.8 Å². The molecule has 49 heavy (non-hydrogen) atoms. The van der Waals surface area contributed by atoms with Gasteiger partial charge in [-0.25, -0.2) is 9.59 Å². The maximum absolute atomic E-state index is 13.2. The summed E-state index contributed by atoms with van der Waals surface area (Å²) in [5.41, 5.74) is 2.26. The van der Waals surface area contributed by atoms with Gasteiger partial charge in [0.15, 0.2) is 6.29 Å². The van der Waals surface area contributed by atoms with E-state index < -0.39 is 54.4 Å². The van der Waals surface area contributed by atoms with Gasteiger partial charge in [-0.05, 0) is 37.5 Å². The van der Waals surface area contributed by atoms with Crippen molar-refractivity contribution < 1.29 is 42.7 Å². The van der Waals surface area contributed by atoms with Crippen LogP contribution in [0, 0.1) is 0 Å². The van der Waals surface area contributed by atoms with Crippen molar-refractivity contribution in [1.82, 2.24) is 4.90 Å². The van der Waals surface area contributed by atoms with Gasteiger partial charge in [-0.1, -0.05) is 104 Å². The zero-order valence-electron chi connectivity index (χ0n) is 28.5. The Morgan fingerprint density at radius 1 is 0.837 bits per heavy atom. The lowest BCUT2D eigenvalue weighted by molar-refractivity contribution is -0.204. The highest BCUT2D eigenvalue weighted by Crippen LogP contribution is 2.33. The van der Waals surface area contributed by atoms with Crippen molar-refractivity contribution >= 4 is 12.1 Å². The fourth-order valence-corrected chi connectivity index (χ4v) is 5.78. The van der Waals surface area contributed by atoms with Gasteiger partial charge in [-0.3, -0.25) is 4.90 Å². The van der Waals surface area contributed by atoms with Crippen LogP contribution in [0.4, 0.5) is 4.79 Å². The number of carbonyl (C=O) groups excluding carboxylic acids is 2. The molecule has 0 N–H and O–H groups in total. The van der Waals surface area contributed by atoms with Gasteiger partial charge in [0.05, 0.1) is 39.1 Å². The molecule has 6 atom stereocenters. The van der Waals surface area contributed by atoms with Crippen LogP contribution in [-0.2, 0) is 57.8 Å². The first kappa shape index (κ1) is 36.2. The first-order valence-electron chi connectivity index (χ1n) is 16.7. The summed E-state index contributed by atoms with van der Waals surface area (Å²) in [5, 5.41) is 0. The fourth-order valence-electron chi connectivity index (χ4n) is 5.78. The van der Waals surface area contributed by atoms with E-state index in [0.717, 1.165) is 16.7 Å². The largest absolute Gasteiger partial charge is 0.460 e. The van der Waals surface area contributed by atoms with Crippen LogP contribution in [0.5, 0.6) is 0 Å². The molecule has 0 saturated carbocycles. The molecule has 0 unspecified atom stereocenters. The van der Waals surface area contributed by atoms with Crippen molar-refractivity contribution in [3.05, 3.63) is 120 Å². The lowest BCUT2D eigenvalue weighted by atomic mass is 10.1. The number of rotatable bonds is 15. The average molecular weight is 674 g/mol. The molecule has 0 aromatic heterocycles. The van der Waals surface area contributed by atoms with Crippen LogP contribution in [0.1, 0.15) is 43.9 Å². The zero-order valence-corrected chi connectivity index (χ0v) is 28.5. The molecule has 0 spiro atoms. The second-order valence-electron chi connectivity index (χ2n) is 13.1. The second-order valence-corrected chi connectivity index (χ2v) is 13.1. The highest BCUT2D eigenvalue weighted by molar-refractivity contribution is 5.82. The average Bonchev–Trinajstić information content (AvgIpc) is 3.67. The molecule has 3 aromatic rings. The normalized spacial score (nSPS) is 23.7. The Morgan fingerprint density at radius 2 is 1.39 bits per heavy atom. The van der Waals surface area contributed by atoms with Gasteiger partial charge >= 0.3 is 12.1 Å². The van der Waals surface area contributed by atoms with Gasteiger partial charge in [0.1, 0.15) is 36.6 Å². The van der Waals surface area contributed by atoms with Gasteiger partial charge in [-0.2, -0.15) is 0 Å². The minimum Gasteiger partial charge on any atom is -0.460 e. The lowest BCUT2D eigenvalue weighted by Crippen LogP contribution is -2.44. The molecule has 2 aliphatic rings. The number of hydrogen-bond donors (Lipinski definition) is 0. The second kappa shape index (κ2) is 17.6. The van der Waals surface area contributed by atoms with Gasteiger partial charge in [0, 0.05) is 6.42 Å². The van der Waals surface area contributed by atoms with E-state index in [1.807, 2.05) is 91.0 Å². The summed E-state index contributed by atoms with van der Waals surface area (Å²) in [7, 11) is 0. The van der Waals surface area contributed by atoms with Crippen LogP contribution in [-0.4, -0.2) is 79.1 Å². The van der Waals surface area contributed by atoms with Crippen molar-refractivity contribution in [2.75, 3.05) is 19.8 Å². The van der Waals surface area contributed by atoms with E-state index in [1.165, 1.54) is 11.0 Å². The number of hydrogen-bond acceptors (Lipinski definition) is 9. The summed E-state index contributed by atoms with van der Waals surface area (Å²) in [6, 6.07) is 28.7. The molecule has 3 aromatic carbocycles. The van der Waals surface area contributed by atoms with Crippen LogP contribution >= 0.6 is 0 Å². The van der Waals surface area contributed by atoms with Crippen LogP contribution < -0.4 is 0 Å². The molecule has 2 saturated heterocycles. The smallest absolute Gasteiger partial charge is 0.411 e. The Balaban J connectivity index is 1.36. The Kier molecular flexibility index (Phi) is 13.0. The van der Waals surface area contributed by atoms with E-state index in [9.17, 15) is 9.59 Å². The van der Waals surface area contributed by atoms with Crippen LogP contribution in [0.15, 0.2) is 104 Å². The first-order chi connectivity index (χ1) is 23.7. The maximum atomic E-state index is 13.2. The summed E-state index contributed by atoms with van der Waals surface area (Å²) in [4.78, 5) is 27.7. The Morgan fingerprint density at radius 3 is 1.94 bits per heavy atom. The minimum atomic E-state index is -0.903. The molecule has 2 heterocycles. The summed E-state index contributed by atoms with van der Waals surface area (Å²) >= 11 is 0. The Bertz CT molecular complexity index is 1460. The van der Waals surface area contributed by atoms with Crippen molar-refractivity contribution in [1.29, 1.82) is 0 Å². The zero-order chi connectivity index (χ0) is 34.6. The van der Waals surface area contributed by atoms with E-state index in [1.54, 1.807) is 20.8 Å². The van der Waals surface area contributed by atoms with E-state index in [-0.39, 0.29) is 26.2 Å². The molecule has 10 heteroatoms. The van der Waals surface area contributed by atoms with Gasteiger partial charge < -0.3 is 33.2 Å². The molecule has 0 radical (unpaired) electrons. The Labute approximate surface area is 288 Å². The van der Waals surface area contributed by atoms with Crippen LogP contribution in [0.2, 0.25) is 0 Å². The summed E-state index contributed by atoms with van der Waals surface area (Å²) < 4.78 is 43.3. The molecule has 2 fully saturated rings. The van der Waals surface area contributed by atoms with Gasteiger partial charge in [-0.15, -0.1) is 0 Å². The van der Waals surface area contributed by atoms with Crippen LogP contribution in [0.25, 0.3) is 0 Å². The minimum absolute atomic E-state index is 0.0231. The van der Waals surface area contributed by atoms with Gasteiger partial charge in [0.25, 0.3) is 0 Å². The number of benzene rings is 3. The van der Waals surface area contributed by atoms with E-state index >= 15 is 0 Å². The Hall–Kier alpha value is -4.06. The monoisotopic (exact) mass is 673 g/mol. The van der Waals surface area contributed by atoms with Crippen molar-refractivity contribution in [3.8, 4) is 0 Å². The molecule has 1 amide bonds. The number of amides is 1. The van der Waals surface area contributed by atoms with Crippen LogP contribution in [0.3, 0.4) is 0 Å².